The van der Waals surface area contributed by atoms with Gasteiger partial charge in [0.25, 0.3) is 0 Å². The van der Waals surface area contributed by atoms with Crippen molar-refractivity contribution in [3.63, 3.8) is 0 Å². The van der Waals surface area contributed by atoms with Crippen LogP contribution in [-0.2, 0) is 32.1 Å². The van der Waals surface area contributed by atoms with Gasteiger partial charge >= 0.3 is 0 Å². The van der Waals surface area contributed by atoms with E-state index in [0.717, 1.165) is 50.4 Å². The lowest BCUT2D eigenvalue weighted by molar-refractivity contribution is 0.0180. The summed E-state index contributed by atoms with van der Waals surface area (Å²) in [6, 6.07) is 15.3. The fourth-order valence-corrected chi connectivity index (χ4v) is 8.36. The van der Waals surface area contributed by atoms with Gasteiger partial charge in [0, 0.05) is 29.7 Å². The molecule has 6 N–H and O–H groups in total. The highest BCUT2D eigenvalue weighted by Crippen LogP contribution is 2.56. The van der Waals surface area contributed by atoms with Crippen molar-refractivity contribution in [1.82, 2.24) is 0 Å². The van der Waals surface area contributed by atoms with Gasteiger partial charge < -0.3 is 44.8 Å². The SMILES string of the molecule is OCCCc1cc(C2Oc3c(c4c(c5c3CCC(CO)O5)-c3ccc(O)cc3C(Cc3ccc5c(c3)=CCN=5)C4)CC2O)cc(OCCO)c1O. The minimum Gasteiger partial charge on any atom is -0.508 e. The summed E-state index contributed by atoms with van der Waals surface area (Å²) in [5.74, 6) is 1.67. The van der Waals surface area contributed by atoms with Gasteiger partial charge in [-0.3, -0.25) is 4.99 Å². The number of benzene rings is 4. The third-order valence-corrected chi connectivity index (χ3v) is 10.7. The Kier molecular flexibility index (Phi) is 9.10. The molecule has 4 aromatic rings. The minimum absolute atomic E-state index is 0.0163. The van der Waals surface area contributed by atoms with E-state index in [1.54, 1.807) is 18.2 Å². The lowest BCUT2D eigenvalue weighted by Crippen LogP contribution is -2.34. The molecule has 3 heterocycles. The second-order valence-corrected chi connectivity index (χ2v) is 14.0. The molecule has 0 bridgehead atoms. The third-order valence-electron chi connectivity index (χ3n) is 10.7. The number of aryl methyl sites for hydroxylation is 1. The van der Waals surface area contributed by atoms with Crippen molar-refractivity contribution < 1.29 is 44.8 Å². The largest absolute Gasteiger partial charge is 0.508 e. The van der Waals surface area contributed by atoms with Crippen molar-refractivity contribution in [3.05, 3.63) is 98.1 Å². The molecule has 0 radical (unpaired) electrons. The number of phenols is 2. The number of ether oxygens (including phenoxy) is 3. The molecule has 4 unspecified atom stereocenters. The molecule has 0 aromatic heterocycles. The van der Waals surface area contributed by atoms with Crippen LogP contribution in [0.3, 0.4) is 0 Å². The predicted octanol–water partition coefficient (Wildman–Crippen LogP) is 3.08. The zero-order chi connectivity index (χ0) is 35.2. The lowest BCUT2D eigenvalue weighted by Gasteiger charge is -2.40. The van der Waals surface area contributed by atoms with Crippen molar-refractivity contribution in [2.75, 3.05) is 33.0 Å². The van der Waals surface area contributed by atoms with Gasteiger partial charge in [-0.2, -0.15) is 0 Å². The van der Waals surface area contributed by atoms with E-state index >= 15 is 0 Å². The molecule has 266 valence electrons. The number of hydrogen-bond acceptors (Lipinski definition) is 10. The number of hydrogen-bond donors (Lipinski definition) is 6. The molecule has 8 rings (SSSR count). The molecule has 51 heavy (non-hydrogen) atoms. The minimum atomic E-state index is -0.939. The van der Waals surface area contributed by atoms with Gasteiger partial charge in [-0.15, -0.1) is 0 Å². The summed E-state index contributed by atoms with van der Waals surface area (Å²) in [5, 5.41) is 64.7. The number of aliphatic hydroxyl groups is 4. The molecule has 4 atom stereocenters. The molecule has 0 saturated heterocycles. The van der Waals surface area contributed by atoms with Crippen LogP contribution in [0.1, 0.15) is 63.8 Å². The Morgan fingerprint density at radius 3 is 2.59 bits per heavy atom. The van der Waals surface area contributed by atoms with E-state index in [2.05, 4.69) is 29.3 Å². The van der Waals surface area contributed by atoms with Gasteiger partial charge in [0.05, 0.1) is 31.2 Å². The van der Waals surface area contributed by atoms with Crippen LogP contribution in [0.25, 0.3) is 17.2 Å². The Morgan fingerprint density at radius 2 is 1.76 bits per heavy atom. The normalized spacial score (nSPS) is 21.1. The van der Waals surface area contributed by atoms with Crippen LogP contribution in [0.4, 0.5) is 0 Å². The van der Waals surface area contributed by atoms with Crippen molar-refractivity contribution in [3.8, 4) is 39.9 Å². The Morgan fingerprint density at radius 1 is 0.882 bits per heavy atom. The highest BCUT2D eigenvalue weighted by Gasteiger charge is 2.41. The smallest absolute Gasteiger partial charge is 0.161 e. The van der Waals surface area contributed by atoms with Crippen LogP contribution in [0.2, 0.25) is 0 Å². The number of rotatable bonds is 10. The molecule has 0 fully saturated rings. The summed E-state index contributed by atoms with van der Waals surface area (Å²) in [7, 11) is 0. The Hall–Kier alpha value is -4.61. The molecule has 3 aliphatic heterocycles. The number of nitrogens with zero attached hydrogens (tertiary/aromatic N) is 1. The second-order valence-electron chi connectivity index (χ2n) is 14.0. The van der Waals surface area contributed by atoms with E-state index in [1.807, 2.05) is 12.1 Å². The van der Waals surface area contributed by atoms with Gasteiger partial charge in [-0.05, 0) is 119 Å². The van der Waals surface area contributed by atoms with E-state index in [0.29, 0.717) is 67.7 Å². The average molecular weight is 694 g/mol. The first kappa shape index (κ1) is 33.5. The Bertz CT molecular complexity index is 2080. The van der Waals surface area contributed by atoms with Crippen molar-refractivity contribution in [2.45, 2.75) is 69.2 Å². The number of phenolic OH excluding ortho intramolecular Hbond substituents is 2. The van der Waals surface area contributed by atoms with Gasteiger partial charge in [0.2, 0.25) is 0 Å². The van der Waals surface area contributed by atoms with Crippen molar-refractivity contribution in [1.29, 1.82) is 0 Å². The van der Waals surface area contributed by atoms with Crippen LogP contribution in [0, 0.1) is 0 Å². The van der Waals surface area contributed by atoms with Crippen LogP contribution >= 0.6 is 0 Å². The Balaban J connectivity index is 1.25. The van der Waals surface area contributed by atoms with E-state index in [-0.39, 0.29) is 55.7 Å². The maximum Gasteiger partial charge on any atom is 0.161 e. The highest BCUT2D eigenvalue weighted by atomic mass is 16.5. The average Bonchev–Trinajstić information content (AvgIpc) is 3.61. The van der Waals surface area contributed by atoms with Crippen LogP contribution in [0.15, 0.2) is 53.5 Å². The molecule has 10 heteroatoms. The quantitative estimate of drug-likeness (QED) is 0.147. The zero-order valence-corrected chi connectivity index (χ0v) is 28.3. The number of aromatic hydroxyl groups is 2. The lowest BCUT2D eigenvalue weighted by atomic mass is 9.72. The molecule has 4 aromatic carbocycles. The number of fused-ring (bicyclic) bond motifs is 9. The summed E-state index contributed by atoms with van der Waals surface area (Å²) in [4.78, 5) is 4.54. The topological polar surface area (TPSA) is 161 Å². The fraction of sp³-hybridized carbons (Fsp3) is 0.390. The first-order chi connectivity index (χ1) is 24.9. The maximum absolute atomic E-state index is 11.9. The van der Waals surface area contributed by atoms with Crippen molar-refractivity contribution >= 4 is 6.08 Å². The van der Waals surface area contributed by atoms with Gasteiger partial charge in [0.1, 0.15) is 36.1 Å². The fourth-order valence-electron chi connectivity index (χ4n) is 8.36. The second kappa shape index (κ2) is 13.8. The summed E-state index contributed by atoms with van der Waals surface area (Å²) in [6.07, 6.45) is 3.71. The summed E-state index contributed by atoms with van der Waals surface area (Å²) in [6.45, 7) is 0.259. The maximum atomic E-state index is 11.9. The van der Waals surface area contributed by atoms with E-state index in [1.165, 1.54) is 5.56 Å². The Labute approximate surface area is 295 Å². The standard InChI is InChI=1S/C41H43NO9/c43-11-1-2-24-16-26(18-36(38(24)48)49-13-12-44)39-35(47)20-33-32-17-25(15-22-3-8-34-23(14-22)9-10-42-34)31-19-27(46)4-6-29(31)37(32)41-30(40(33)51-39)7-5-28(21-45)50-41/h3-4,6,8-9,14,16,18-19,25,28,35,39,43-48H,1-2,5,7,10-13,15,17,20-21H2. The third kappa shape index (κ3) is 6.10. The van der Waals surface area contributed by atoms with E-state index < -0.39 is 12.2 Å². The molecule has 0 amide bonds. The first-order valence-electron chi connectivity index (χ1n) is 17.9. The van der Waals surface area contributed by atoms with Gasteiger partial charge in [0.15, 0.2) is 11.5 Å². The zero-order valence-electron chi connectivity index (χ0n) is 28.3. The summed E-state index contributed by atoms with van der Waals surface area (Å²) >= 11 is 0. The predicted molar refractivity (Wildman–Crippen MR) is 189 cm³/mol. The first-order valence-corrected chi connectivity index (χ1v) is 17.9. The number of aliphatic hydroxyl groups excluding tert-OH is 4. The van der Waals surface area contributed by atoms with Crippen LogP contribution in [-0.4, -0.2) is 75.8 Å². The summed E-state index contributed by atoms with van der Waals surface area (Å²) < 4.78 is 19.1. The van der Waals surface area contributed by atoms with E-state index in [9.17, 15) is 30.6 Å². The molecule has 4 aliphatic rings. The molecule has 1 aliphatic carbocycles. The van der Waals surface area contributed by atoms with Gasteiger partial charge in [-0.25, -0.2) is 0 Å². The molecule has 0 spiro atoms. The monoisotopic (exact) mass is 693 g/mol. The summed E-state index contributed by atoms with van der Waals surface area (Å²) in [5.41, 5.74) is 8.11. The van der Waals surface area contributed by atoms with Crippen LogP contribution < -0.4 is 24.8 Å². The van der Waals surface area contributed by atoms with Crippen LogP contribution in [0.5, 0.6) is 28.7 Å². The van der Waals surface area contributed by atoms with E-state index in [4.69, 9.17) is 14.2 Å². The highest BCUT2D eigenvalue weighted by molar-refractivity contribution is 5.85. The molecule has 10 nitrogen and oxygen atoms in total. The van der Waals surface area contributed by atoms with Gasteiger partial charge in [-0.1, -0.05) is 18.2 Å². The molecular formula is C41H43NO9. The van der Waals surface area contributed by atoms with Crippen molar-refractivity contribution in [2.24, 2.45) is 4.99 Å². The molecule has 0 saturated carbocycles. The molecular weight excluding hydrogens is 650 g/mol.